The number of allylic oxidation sites excluding steroid dienone is 5. The minimum absolute atomic E-state index is 0.196. The molecule has 1 aromatic carbocycles. The van der Waals surface area contributed by atoms with Gasteiger partial charge in [-0.2, -0.15) is 0 Å². The summed E-state index contributed by atoms with van der Waals surface area (Å²) in [4.78, 5) is 10.8. The largest absolute Gasteiger partial charge is 0.280 e. The molecule has 0 bridgehead atoms. The van der Waals surface area contributed by atoms with Gasteiger partial charge in [0.05, 0.1) is 10.5 Å². The fourth-order valence-electron chi connectivity index (χ4n) is 1.69. The third kappa shape index (κ3) is 2.08. The van der Waals surface area contributed by atoms with Crippen molar-refractivity contribution in [1.29, 1.82) is 0 Å². The monoisotopic (exact) mass is 213 g/mol. The van der Waals surface area contributed by atoms with E-state index in [1.165, 1.54) is 0 Å². The highest BCUT2D eigenvalue weighted by atomic mass is 16.6. The van der Waals surface area contributed by atoms with Gasteiger partial charge in [-0.3, -0.25) is 10.1 Å². The Morgan fingerprint density at radius 3 is 2.50 bits per heavy atom. The van der Waals surface area contributed by atoms with Gasteiger partial charge in [0.2, 0.25) is 0 Å². The van der Waals surface area contributed by atoms with Crippen molar-refractivity contribution in [3.05, 3.63) is 75.9 Å². The summed E-state index contributed by atoms with van der Waals surface area (Å²) in [7, 11) is 0. The van der Waals surface area contributed by atoms with Crippen molar-refractivity contribution in [1.82, 2.24) is 0 Å². The maximum atomic E-state index is 11.1. The molecule has 0 aliphatic heterocycles. The van der Waals surface area contributed by atoms with E-state index >= 15 is 0 Å². The van der Waals surface area contributed by atoms with Crippen LogP contribution in [-0.2, 0) is 0 Å². The Hall–Kier alpha value is -2.16. The highest BCUT2D eigenvalue weighted by Crippen LogP contribution is 2.24. The van der Waals surface area contributed by atoms with Crippen molar-refractivity contribution in [2.24, 2.45) is 0 Å². The highest BCUT2D eigenvalue weighted by molar-refractivity contribution is 5.65. The molecule has 0 radical (unpaired) electrons. The molecule has 0 amide bonds. The molecule has 3 heteroatoms. The lowest BCUT2D eigenvalue weighted by atomic mass is 10.0. The SMILES string of the molecule is O=[N+]([O-])C(=C1C=CC=CC1)c1ccccc1. The molecule has 3 nitrogen and oxygen atoms in total. The summed E-state index contributed by atoms with van der Waals surface area (Å²) in [6.45, 7) is 0. The quantitative estimate of drug-likeness (QED) is 0.559. The molecule has 0 atom stereocenters. The second-order valence-electron chi connectivity index (χ2n) is 3.49. The summed E-state index contributed by atoms with van der Waals surface area (Å²) >= 11 is 0. The normalized spacial score (nSPS) is 17.2. The lowest BCUT2D eigenvalue weighted by molar-refractivity contribution is -0.376. The smallest absolute Gasteiger partial charge is 0.258 e. The standard InChI is InChI=1S/C13H11NO2/c15-14(16)13(11-7-3-1-4-8-11)12-9-5-2-6-10-12/h1-9H,10H2. The molecule has 1 aliphatic rings. The van der Waals surface area contributed by atoms with Crippen LogP contribution in [0.3, 0.4) is 0 Å². The molecular weight excluding hydrogens is 202 g/mol. The molecule has 16 heavy (non-hydrogen) atoms. The Balaban J connectivity index is 2.50. The third-order valence-corrected chi connectivity index (χ3v) is 2.42. The molecule has 0 N–H and O–H groups in total. The topological polar surface area (TPSA) is 43.1 Å². The van der Waals surface area contributed by atoms with E-state index in [4.69, 9.17) is 0 Å². The van der Waals surface area contributed by atoms with Gasteiger partial charge in [-0.05, 0) is 18.6 Å². The number of nitrogens with zero attached hydrogens (tertiary/aromatic N) is 1. The van der Waals surface area contributed by atoms with Gasteiger partial charge in [0.25, 0.3) is 5.70 Å². The van der Waals surface area contributed by atoms with Crippen LogP contribution >= 0.6 is 0 Å². The van der Waals surface area contributed by atoms with Crippen molar-refractivity contribution in [2.75, 3.05) is 0 Å². The van der Waals surface area contributed by atoms with Crippen molar-refractivity contribution in [3.63, 3.8) is 0 Å². The highest BCUT2D eigenvalue weighted by Gasteiger charge is 2.18. The molecule has 0 unspecified atom stereocenters. The van der Waals surface area contributed by atoms with Gasteiger partial charge < -0.3 is 0 Å². The predicted octanol–water partition coefficient (Wildman–Crippen LogP) is 3.19. The van der Waals surface area contributed by atoms with Crippen molar-refractivity contribution in [3.8, 4) is 0 Å². The first kappa shape index (κ1) is 10.4. The van der Waals surface area contributed by atoms with E-state index < -0.39 is 0 Å². The summed E-state index contributed by atoms with van der Waals surface area (Å²) in [5.74, 6) is 0. The lowest BCUT2D eigenvalue weighted by Crippen LogP contribution is -2.02. The summed E-state index contributed by atoms with van der Waals surface area (Å²) in [5.41, 5.74) is 1.60. The zero-order valence-electron chi connectivity index (χ0n) is 8.67. The fourth-order valence-corrected chi connectivity index (χ4v) is 1.69. The zero-order chi connectivity index (χ0) is 11.4. The minimum atomic E-state index is -0.311. The van der Waals surface area contributed by atoms with Crippen LogP contribution in [0.25, 0.3) is 5.70 Å². The second-order valence-corrected chi connectivity index (χ2v) is 3.49. The Kier molecular flexibility index (Phi) is 2.96. The van der Waals surface area contributed by atoms with Gasteiger partial charge in [-0.1, -0.05) is 42.5 Å². The average molecular weight is 213 g/mol. The predicted molar refractivity (Wildman–Crippen MR) is 63.3 cm³/mol. The molecule has 0 heterocycles. The molecule has 0 aromatic heterocycles. The van der Waals surface area contributed by atoms with Gasteiger partial charge in [0, 0.05) is 5.57 Å². The summed E-state index contributed by atoms with van der Waals surface area (Å²) < 4.78 is 0. The molecule has 1 aliphatic carbocycles. The summed E-state index contributed by atoms with van der Waals surface area (Å²) in [6, 6.07) is 8.99. The maximum Gasteiger partial charge on any atom is 0.280 e. The van der Waals surface area contributed by atoms with Gasteiger partial charge in [0.1, 0.15) is 0 Å². The number of hydrogen-bond acceptors (Lipinski definition) is 2. The van der Waals surface area contributed by atoms with Gasteiger partial charge in [0.15, 0.2) is 0 Å². The van der Waals surface area contributed by atoms with E-state index in [1.54, 1.807) is 18.2 Å². The zero-order valence-corrected chi connectivity index (χ0v) is 8.67. The van der Waals surface area contributed by atoms with Crippen molar-refractivity contribution in [2.45, 2.75) is 6.42 Å². The number of benzene rings is 1. The first-order valence-corrected chi connectivity index (χ1v) is 5.05. The molecule has 80 valence electrons. The summed E-state index contributed by atoms with van der Waals surface area (Å²) in [6.07, 6.45) is 8.05. The van der Waals surface area contributed by atoms with Crippen LogP contribution in [0.5, 0.6) is 0 Å². The van der Waals surface area contributed by atoms with E-state index in [0.29, 0.717) is 12.0 Å². The van der Waals surface area contributed by atoms with E-state index in [1.807, 2.05) is 36.4 Å². The van der Waals surface area contributed by atoms with E-state index in [9.17, 15) is 10.1 Å². The van der Waals surface area contributed by atoms with Crippen LogP contribution in [0, 0.1) is 10.1 Å². The molecule has 0 spiro atoms. The average Bonchev–Trinajstić information content (AvgIpc) is 2.31. The van der Waals surface area contributed by atoms with Gasteiger partial charge >= 0.3 is 0 Å². The van der Waals surface area contributed by atoms with E-state index in [2.05, 4.69) is 0 Å². The van der Waals surface area contributed by atoms with Crippen LogP contribution < -0.4 is 0 Å². The minimum Gasteiger partial charge on any atom is -0.258 e. The number of nitro groups is 1. The van der Waals surface area contributed by atoms with Crippen LogP contribution in [-0.4, -0.2) is 4.92 Å². The molecular formula is C13H11NO2. The Bertz CT molecular complexity index is 484. The fraction of sp³-hybridized carbons (Fsp3) is 0.0769. The summed E-state index contributed by atoms with van der Waals surface area (Å²) in [5, 5.41) is 11.1. The first-order chi connectivity index (χ1) is 7.79. The van der Waals surface area contributed by atoms with Crippen LogP contribution in [0.1, 0.15) is 12.0 Å². The van der Waals surface area contributed by atoms with Crippen molar-refractivity contribution >= 4 is 5.70 Å². The van der Waals surface area contributed by atoms with E-state index in [0.717, 1.165) is 5.57 Å². The third-order valence-electron chi connectivity index (χ3n) is 2.42. The van der Waals surface area contributed by atoms with Crippen LogP contribution in [0.4, 0.5) is 0 Å². The van der Waals surface area contributed by atoms with Crippen LogP contribution in [0.2, 0.25) is 0 Å². The number of rotatable bonds is 2. The first-order valence-electron chi connectivity index (χ1n) is 5.05. The second kappa shape index (κ2) is 4.57. The van der Waals surface area contributed by atoms with Gasteiger partial charge in [-0.25, -0.2) is 0 Å². The molecule has 0 fully saturated rings. The van der Waals surface area contributed by atoms with Crippen molar-refractivity contribution < 1.29 is 4.92 Å². The maximum absolute atomic E-state index is 11.1. The Morgan fingerprint density at radius 2 is 1.94 bits per heavy atom. The van der Waals surface area contributed by atoms with Gasteiger partial charge in [-0.15, -0.1) is 0 Å². The number of hydrogen-bond donors (Lipinski definition) is 0. The Labute approximate surface area is 93.6 Å². The Morgan fingerprint density at radius 1 is 1.19 bits per heavy atom. The lowest BCUT2D eigenvalue weighted by Gasteiger charge is -2.05. The molecule has 2 rings (SSSR count). The molecule has 0 saturated carbocycles. The molecule has 0 saturated heterocycles. The van der Waals surface area contributed by atoms with Crippen LogP contribution in [0.15, 0.2) is 60.2 Å². The molecule has 1 aromatic rings. The van der Waals surface area contributed by atoms with E-state index in [-0.39, 0.29) is 10.6 Å².